The van der Waals surface area contributed by atoms with Gasteiger partial charge in [0.25, 0.3) is 0 Å². The summed E-state index contributed by atoms with van der Waals surface area (Å²) < 4.78 is 1.18. The van der Waals surface area contributed by atoms with Gasteiger partial charge in [-0.2, -0.15) is 0 Å². The molecule has 0 atom stereocenters. The molecule has 0 radical (unpaired) electrons. The van der Waals surface area contributed by atoms with Crippen LogP contribution in [0.2, 0.25) is 5.15 Å². The first-order valence-electron chi connectivity index (χ1n) is 4.42. The molecule has 0 bridgehead atoms. The molecule has 2 rings (SSSR count). The molecule has 0 aliphatic carbocycles. The predicted molar refractivity (Wildman–Crippen MR) is 69.9 cm³/mol. The van der Waals surface area contributed by atoms with Crippen molar-refractivity contribution in [2.24, 2.45) is 0 Å². The number of aromatic nitrogens is 2. The van der Waals surface area contributed by atoms with Gasteiger partial charge >= 0.3 is 0 Å². The largest absolute Gasteiger partial charge is 0.233 e. The lowest BCUT2D eigenvalue weighted by atomic mass is 10.1. The summed E-state index contributed by atoms with van der Waals surface area (Å²) in [6.45, 7) is 1.84. The molecule has 0 saturated heterocycles. The Kier molecular flexibility index (Phi) is 3.21. The van der Waals surface area contributed by atoms with E-state index in [1.54, 1.807) is 6.07 Å². The molecule has 0 aliphatic rings. The van der Waals surface area contributed by atoms with E-state index in [9.17, 15) is 0 Å². The second kappa shape index (κ2) is 4.45. The van der Waals surface area contributed by atoms with E-state index in [-0.39, 0.29) is 0 Å². The molecule has 76 valence electrons. The number of halogens is 2. The average Bonchev–Trinajstić information content (AvgIpc) is 2.16. The number of hydrogen-bond acceptors (Lipinski definition) is 2. The molecule has 0 fully saturated rings. The summed E-state index contributed by atoms with van der Waals surface area (Å²) in [4.78, 5) is 8.38. The van der Waals surface area contributed by atoms with Gasteiger partial charge in [0, 0.05) is 15.2 Å². The van der Waals surface area contributed by atoms with Gasteiger partial charge in [-0.3, -0.25) is 0 Å². The van der Waals surface area contributed by atoms with Crippen molar-refractivity contribution in [1.82, 2.24) is 9.97 Å². The molecular formula is C11H8ClIN2. The lowest BCUT2D eigenvalue weighted by Gasteiger charge is -2.03. The molecule has 2 nitrogen and oxygen atoms in total. The zero-order valence-electron chi connectivity index (χ0n) is 8.04. The fraction of sp³-hybridized carbons (Fsp3) is 0.0909. The van der Waals surface area contributed by atoms with Crippen LogP contribution in [0.5, 0.6) is 0 Å². The van der Waals surface area contributed by atoms with Crippen molar-refractivity contribution in [3.63, 3.8) is 0 Å². The zero-order valence-corrected chi connectivity index (χ0v) is 11.0. The fourth-order valence-electron chi connectivity index (χ4n) is 1.33. The Labute approximate surface area is 107 Å². The van der Waals surface area contributed by atoms with Crippen molar-refractivity contribution >= 4 is 34.2 Å². The Balaban J connectivity index is 2.54. The molecule has 0 aliphatic heterocycles. The summed E-state index contributed by atoms with van der Waals surface area (Å²) in [5.41, 5.74) is 1.93. The maximum absolute atomic E-state index is 5.89. The Morgan fingerprint density at radius 2 is 2.00 bits per heavy atom. The van der Waals surface area contributed by atoms with Gasteiger partial charge in [-0.05, 0) is 41.6 Å². The number of benzene rings is 1. The number of rotatable bonds is 1. The van der Waals surface area contributed by atoms with E-state index in [1.165, 1.54) is 3.57 Å². The topological polar surface area (TPSA) is 25.8 Å². The molecule has 1 aromatic carbocycles. The lowest BCUT2D eigenvalue weighted by Crippen LogP contribution is -1.91. The molecule has 0 saturated carbocycles. The van der Waals surface area contributed by atoms with Crippen LogP contribution in [0.3, 0.4) is 0 Å². The third-order valence-corrected chi connectivity index (χ3v) is 2.79. The minimum absolute atomic E-state index is 0.483. The minimum Gasteiger partial charge on any atom is -0.233 e. The van der Waals surface area contributed by atoms with E-state index in [1.807, 2.05) is 25.1 Å². The summed E-state index contributed by atoms with van der Waals surface area (Å²) in [7, 11) is 0. The van der Waals surface area contributed by atoms with Crippen molar-refractivity contribution in [1.29, 1.82) is 0 Å². The van der Waals surface area contributed by atoms with Crippen LogP contribution >= 0.6 is 34.2 Å². The van der Waals surface area contributed by atoms with Crippen LogP contribution in [0, 0.1) is 10.5 Å². The highest BCUT2D eigenvalue weighted by molar-refractivity contribution is 14.1. The van der Waals surface area contributed by atoms with Crippen LogP contribution in [-0.2, 0) is 0 Å². The van der Waals surface area contributed by atoms with E-state index in [0.717, 1.165) is 11.3 Å². The van der Waals surface area contributed by atoms with Gasteiger partial charge in [0.1, 0.15) is 11.0 Å². The smallest absolute Gasteiger partial charge is 0.133 e. The van der Waals surface area contributed by atoms with Crippen molar-refractivity contribution in [2.75, 3.05) is 0 Å². The minimum atomic E-state index is 0.483. The first kappa shape index (κ1) is 10.8. The summed E-state index contributed by atoms with van der Waals surface area (Å²) in [6.07, 6.45) is 0. The van der Waals surface area contributed by atoms with Crippen LogP contribution in [-0.4, -0.2) is 9.97 Å². The van der Waals surface area contributed by atoms with Gasteiger partial charge < -0.3 is 0 Å². The molecule has 4 heteroatoms. The molecular weight excluding hydrogens is 322 g/mol. The van der Waals surface area contributed by atoms with Crippen molar-refractivity contribution < 1.29 is 0 Å². The van der Waals surface area contributed by atoms with Gasteiger partial charge in [0.15, 0.2) is 0 Å². The zero-order chi connectivity index (χ0) is 10.8. The fourth-order valence-corrected chi connectivity index (χ4v) is 2.10. The molecule has 15 heavy (non-hydrogen) atoms. The molecule has 0 N–H and O–H groups in total. The average molecular weight is 331 g/mol. The Morgan fingerprint density at radius 1 is 1.20 bits per heavy atom. The van der Waals surface area contributed by atoms with E-state index < -0.39 is 0 Å². The third kappa shape index (κ3) is 2.66. The molecule has 1 heterocycles. The van der Waals surface area contributed by atoms with Crippen molar-refractivity contribution in [2.45, 2.75) is 6.92 Å². The maximum atomic E-state index is 5.89. The monoisotopic (exact) mass is 330 g/mol. The highest BCUT2D eigenvalue weighted by atomic mass is 127. The Morgan fingerprint density at radius 3 is 2.67 bits per heavy atom. The second-order valence-corrected chi connectivity index (χ2v) is 4.77. The molecule has 0 unspecified atom stereocenters. The second-order valence-electron chi connectivity index (χ2n) is 3.13. The first-order chi connectivity index (χ1) is 7.15. The predicted octanol–water partition coefficient (Wildman–Crippen LogP) is 3.71. The Hall–Kier alpha value is -0.680. The van der Waals surface area contributed by atoms with Crippen molar-refractivity contribution in [3.8, 4) is 11.3 Å². The van der Waals surface area contributed by atoms with Crippen molar-refractivity contribution in [3.05, 3.63) is 44.9 Å². The summed E-state index contributed by atoms with van der Waals surface area (Å²) >= 11 is 8.16. The SMILES string of the molecule is Cc1nc(Cl)cc(-c2cccc(I)c2)n1. The maximum Gasteiger partial charge on any atom is 0.133 e. The van der Waals surface area contributed by atoms with Crippen LogP contribution < -0.4 is 0 Å². The van der Waals surface area contributed by atoms with Gasteiger partial charge in [0.2, 0.25) is 0 Å². The Bertz CT molecular complexity index is 479. The highest BCUT2D eigenvalue weighted by Crippen LogP contribution is 2.21. The van der Waals surface area contributed by atoms with E-state index >= 15 is 0 Å². The molecule has 1 aromatic heterocycles. The van der Waals surface area contributed by atoms with Crippen LogP contribution in [0.4, 0.5) is 0 Å². The van der Waals surface area contributed by atoms with Gasteiger partial charge in [-0.1, -0.05) is 23.7 Å². The summed E-state index contributed by atoms with van der Waals surface area (Å²) in [5, 5.41) is 0.483. The van der Waals surface area contributed by atoms with E-state index in [0.29, 0.717) is 11.0 Å². The lowest BCUT2D eigenvalue weighted by molar-refractivity contribution is 1.06. The third-order valence-electron chi connectivity index (χ3n) is 1.93. The summed E-state index contributed by atoms with van der Waals surface area (Å²) in [5.74, 6) is 0.691. The van der Waals surface area contributed by atoms with Crippen LogP contribution in [0.15, 0.2) is 30.3 Å². The summed E-state index contributed by atoms with van der Waals surface area (Å²) in [6, 6.07) is 9.90. The number of hydrogen-bond donors (Lipinski definition) is 0. The number of aryl methyl sites for hydroxylation is 1. The molecule has 0 spiro atoms. The van der Waals surface area contributed by atoms with Crippen LogP contribution in [0.25, 0.3) is 11.3 Å². The normalized spacial score (nSPS) is 10.3. The highest BCUT2D eigenvalue weighted by Gasteiger charge is 2.03. The van der Waals surface area contributed by atoms with Gasteiger partial charge in [-0.25, -0.2) is 9.97 Å². The van der Waals surface area contributed by atoms with E-state index in [2.05, 4.69) is 38.6 Å². The standard InChI is InChI=1S/C11H8ClIN2/c1-7-14-10(6-11(12)15-7)8-3-2-4-9(13)5-8/h2-6H,1H3. The number of nitrogens with zero attached hydrogens (tertiary/aromatic N) is 2. The first-order valence-corrected chi connectivity index (χ1v) is 5.88. The molecule has 2 aromatic rings. The van der Waals surface area contributed by atoms with E-state index in [4.69, 9.17) is 11.6 Å². The van der Waals surface area contributed by atoms with Crippen LogP contribution in [0.1, 0.15) is 5.82 Å². The van der Waals surface area contributed by atoms with Gasteiger partial charge in [0.05, 0.1) is 5.69 Å². The quantitative estimate of drug-likeness (QED) is 0.588. The molecule has 0 amide bonds. The van der Waals surface area contributed by atoms with Gasteiger partial charge in [-0.15, -0.1) is 0 Å².